The van der Waals surface area contributed by atoms with Crippen molar-refractivity contribution in [3.63, 3.8) is 0 Å². The fourth-order valence-corrected chi connectivity index (χ4v) is 2.40. The quantitative estimate of drug-likeness (QED) is 0.738. The van der Waals surface area contributed by atoms with Gasteiger partial charge < -0.3 is 9.47 Å². The Morgan fingerprint density at radius 2 is 1.90 bits per heavy atom. The summed E-state index contributed by atoms with van der Waals surface area (Å²) in [5.74, 6) is 1.38. The predicted octanol–water partition coefficient (Wildman–Crippen LogP) is 3.67. The molecule has 0 aliphatic rings. The molecule has 0 amide bonds. The van der Waals surface area contributed by atoms with Crippen molar-refractivity contribution in [1.82, 2.24) is 9.38 Å². The Morgan fingerprint density at radius 3 is 2.65 bits per heavy atom. The van der Waals surface area contributed by atoms with Crippen LogP contribution in [0.5, 0.6) is 11.5 Å². The summed E-state index contributed by atoms with van der Waals surface area (Å²) in [7, 11) is 3.23. The second-order valence-corrected chi connectivity index (χ2v) is 4.67. The van der Waals surface area contributed by atoms with Crippen molar-refractivity contribution in [2.75, 3.05) is 14.2 Å². The van der Waals surface area contributed by atoms with Crippen LogP contribution >= 0.6 is 11.6 Å². The number of halogens is 1. The summed E-state index contributed by atoms with van der Waals surface area (Å²) >= 11 is 6.14. The maximum Gasteiger partial charge on any atom is 0.161 e. The molecule has 3 rings (SSSR count). The third-order valence-electron chi connectivity index (χ3n) is 3.17. The minimum Gasteiger partial charge on any atom is -0.493 e. The summed E-state index contributed by atoms with van der Waals surface area (Å²) in [6.07, 6.45) is 3.72. The Kier molecular flexibility index (Phi) is 3.24. The average molecular weight is 289 g/mol. The number of hydrogen-bond acceptors (Lipinski definition) is 3. The molecule has 5 heteroatoms. The Hall–Kier alpha value is -2.20. The van der Waals surface area contributed by atoms with Crippen molar-refractivity contribution in [1.29, 1.82) is 0 Å². The molecule has 0 N–H and O–H groups in total. The number of methoxy groups -OCH3 is 2. The topological polar surface area (TPSA) is 35.8 Å². The summed E-state index contributed by atoms with van der Waals surface area (Å²) < 4.78 is 12.5. The van der Waals surface area contributed by atoms with Crippen molar-refractivity contribution < 1.29 is 9.47 Å². The van der Waals surface area contributed by atoms with Crippen molar-refractivity contribution in [2.24, 2.45) is 0 Å². The second-order valence-electron chi connectivity index (χ2n) is 4.26. The minimum absolute atomic E-state index is 0.624. The molecule has 0 saturated heterocycles. The predicted molar refractivity (Wildman–Crippen MR) is 78.7 cm³/mol. The monoisotopic (exact) mass is 288 g/mol. The van der Waals surface area contributed by atoms with Gasteiger partial charge in [-0.1, -0.05) is 11.6 Å². The molecule has 0 bridgehead atoms. The van der Waals surface area contributed by atoms with Crippen LogP contribution in [0.2, 0.25) is 5.02 Å². The third kappa shape index (κ3) is 1.98. The SMILES string of the molecule is COc1ccc(-c2cnc3c(Cl)cccn23)cc1OC. The zero-order valence-corrected chi connectivity index (χ0v) is 11.9. The largest absolute Gasteiger partial charge is 0.493 e. The highest BCUT2D eigenvalue weighted by atomic mass is 35.5. The average Bonchev–Trinajstić information content (AvgIpc) is 2.92. The van der Waals surface area contributed by atoms with Crippen molar-refractivity contribution in [2.45, 2.75) is 0 Å². The van der Waals surface area contributed by atoms with Crippen molar-refractivity contribution in [3.05, 3.63) is 47.7 Å². The van der Waals surface area contributed by atoms with Gasteiger partial charge in [0.15, 0.2) is 17.1 Å². The standard InChI is InChI=1S/C15H13ClN2O2/c1-19-13-6-5-10(8-14(13)20-2)12-9-17-15-11(16)4-3-7-18(12)15/h3-9H,1-2H3. The van der Waals surface area contributed by atoms with E-state index in [2.05, 4.69) is 4.98 Å². The molecule has 3 aromatic rings. The lowest BCUT2D eigenvalue weighted by molar-refractivity contribution is 0.355. The summed E-state index contributed by atoms with van der Waals surface area (Å²) in [6.45, 7) is 0. The molecule has 0 aliphatic carbocycles. The Morgan fingerprint density at radius 1 is 1.10 bits per heavy atom. The van der Waals surface area contributed by atoms with Crippen LogP contribution in [0.3, 0.4) is 0 Å². The highest BCUT2D eigenvalue weighted by Gasteiger charge is 2.11. The van der Waals surface area contributed by atoms with Gasteiger partial charge in [-0.25, -0.2) is 4.98 Å². The Bertz CT molecular complexity index is 768. The van der Waals surface area contributed by atoms with Crippen LogP contribution in [0.4, 0.5) is 0 Å². The first-order valence-corrected chi connectivity index (χ1v) is 6.46. The Labute approximate surface area is 121 Å². The van der Waals surface area contributed by atoms with E-state index < -0.39 is 0 Å². The molecule has 0 saturated carbocycles. The maximum atomic E-state index is 6.14. The molecule has 102 valence electrons. The van der Waals surface area contributed by atoms with Gasteiger partial charge in [-0.05, 0) is 30.3 Å². The zero-order chi connectivity index (χ0) is 14.1. The lowest BCUT2D eigenvalue weighted by Gasteiger charge is -2.09. The molecular weight excluding hydrogens is 276 g/mol. The van der Waals surface area contributed by atoms with Crippen LogP contribution in [0.25, 0.3) is 16.9 Å². The van der Waals surface area contributed by atoms with Crippen LogP contribution in [0.15, 0.2) is 42.7 Å². The van der Waals surface area contributed by atoms with Crippen molar-refractivity contribution in [3.8, 4) is 22.8 Å². The first kappa shape index (κ1) is 12.8. The number of benzene rings is 1. The summed E-state index contributed by atoms with van der Waals surface area (Å²) in [5.41, 5.74) is 2.67. The molecule has 0 unspecified atom stereocenters. The highest BCUT2D eigenvalue weighted by molar-refractivity contribution is 6.33. The molecule has 0 aliphatic heterocycles. The summed E-state index contributed by atoms with van der Waals surface area (Å²) in [6, 6.07) is 9.47. The number of hydrogen-bond donors (Lipinski definition) is 0. The molecular formula is C15H13ClN2O2. The van der Waals surface area contributed by atoms with Gasteiger partial charge in [-0.3, -0.25) is 4.40 Å². The second kappa shape index (κ2) is 5.06. The smallest absolute Gasteiger partial charge is 0.161 e. The molecule has 0 atom stereocenters. The molecule has 0 spiro atoms. The van der Waals surface area contributed by atoms with E-state index in [4.69, 9.17) is 21.1 Å². The molecule has 0 fully saturated rings. The fourth-order valence-electron chi connectivity index (χ4n) is 2.19. The van der Waals surface area contributed by atoms with Crippen LogP contribution < -0.4 is 9.47 Å². The van der Waals surface area contributed by atoms with Crippen LogP contribution in [0, 0.1) is 0 Å². The highest BCUT2D eigenvalue weighted by Crippen LogP contribution is 2.33. The molecule has 1 aromatic carbocycles. The van der Waals surface area contributed by atoms with E-state index in [0.717, 1.165) is 16.9 Å². The first-order valence-electron chi connectivity index (χ1n) is 6.08. The summed E-state index contributed by atoms with van der Waals surface area (Å²) in [4.78, 5) is 4.35. The van der Waals surface area contributed by atoms with Gasteiger partial charge in [0.25, 0.3) is 0 Å². The van der Waals surface area contributed by atoms with Gasteiger partial charge >= 0.3 is 0 Å². The molecule has 2 aromatic heterocycles. The van der Waals surface area contributed by atoms with E-state index in [9.17, 15) is 0 Å². The number of fused-ring (bicyclic) bond motifs is 1. The number of rotatable bonds is 3. The van der Waals surface area contributed by atoms with Gasteiger partial charge in [0.1, 0.15) is 0 Å². The molecule has 0 radical (unpaired) electrons. The number of imidazole rings is 1. The van der Waals surface area contributed by atoms with E-state index in [0.29, 0.717) is 16.5 Å². The van der Waals surface area contributed by atoms with Crippen molar-refractivity contribution >= 4 is 17.2 Å². The van der Waals surface area contributed by atoms with E-state index in [-0.39, 0.29) is 0 Å². The molecule has 2 heterocycles. The number of nitrogens with zero attached hydrogens (tertiary/aromatic N) is 2. The Balaban J connectivity index is 2.18. The maximum absolute atomic E-state index is 6.14. The van der Waals surface area contributed by atoms with Crippen LogP contribution in [-0.4, -0.2) is 23.6 Å². The summed E-state index contributed by atoms with van der Waals surface area (Å²) in [5, 5.41) is 0.624. The first-order chi connectivity index (χ1) is 9.74. The van der Waals surface area contributed by atoms with E-state index >= 15 is 0 Å². The van der Waals surface area contributed by atoms with E-state index in [1.165, 1.54) is 0 Å². The lowest BCUT2D eigenvalue weighted by atomic mass is 10.1. The zero-order valence-electron chi connectivity index (χ0n) is 11.1. The molecule has 20 heavy (non-hydrogen) atoms. The van der Waals surface area contributed by atoms with Gasteiger partial charge in [0.05, 0.1) is 31.1 Å². The normalized spacial score (nSPS) is 10.8. The number of ether oxygens (including phenoxy) is 2. The van der Waals surface area contributed by atoms with E-state index in [1.54, 1.807) is 20.4 Å². The lowest BCUT2D eigenvalue weighted by Crippen LogP contribution is -1.92. The number of pyridine rings is 1. The van der Waals surface area contributed by atoms with Gasteiger partial charge in [-0.15, -0.1) is 0 Å². The van der Waals surface area contributed by atoms with Gasteiger partial charge in [0.2, 0.25) is 0 Å². The third-order valence-corrected chi connectivity index (χ3v) is 3.46. The van der Waals surface area contributed by atoms with Crippen LogP contribution in [-0.2, 0) is 0 Å². The molecule has 4 nitrogen and oxygen atoms in total. The number of aromatic nitrogens is 2. The van der Waals surface area contributed by atoms with Gasteiger partial charge in [0, 0.05) is 11.8 Å². The van der Waals surface area contributed by atoms with E-state index in [1.807, 2.05) is 40.9 Å². The fraction of sp³-hybridized carbons (Fsp3) is 0.133. The van der Waals surface area contributed by atoms with Crippen LogP contribution in [0.1, 0.15) is 0 Å². The van der Waals surface area contributed by atoms with Gasteiger partial charge in [-0.2, -0.15) is 0 Å². The minimum atomic E-state index is 0.624.